The first-order valence-corrected chi connectivity index (χ1v) is 33.0. The van der Waals surface area contributed by atoms with E-state index in [-0.39, 0.29) is 26.3 Å². The molecule has 3 aliphatic heterocycles. The summed E-state index contributed by atoms with van der Waals surface area (Å²) in [6, 6.07) is 3.59. The molecule has 3 fully saturated rings. The Morgan fingerprint density at radius 1 is 0.750 bits per heavy atom. The summed E-state index contributed by atoms with van der Waals surface area (Å²) in [5.74, 6) is 5.11. The number of thioether (sulfide) groups is 2. The van der Waals surface area contributed by atoms with E-state index in [0.29, 0.717) is 13.1 Å². The maximum Gasteiger partial charge on any atom is 0.133 e. The predicted octanol–water partition coefficient (Wildman–Crippen LogP) is 16.2. The number of amidine groups is 1. The zero-order valence-electron chi connectivity index (χ0n) is 34.9. The third kappa shape index (κ3) is 18.7. The van der Waals surface area contributed by atoms with Gasteiger partial charge in [-0.15, -0.1) is 23.5 Å². The number of piperidine rings is 1. The molecule has 5 aliphatic rings. The number of likely N-dealkylation sites (tertiary alicyclic amines) is 1. The molecule has 0 amide bonds. The van der Waals surface area contributed by atoms with Gasteiger partial charge in [0.05, 0.1) is 0 Å². The maximum absolute atomic E-state index is 13.4. The van der Waals surface area contributed by atoms with Crippen LogP contribution in [0.5, 0.6) is 0 Å². The Hall–Kier alpha value is 2.53. The number of rotatable bonds is 4. The minimum Gasteiger partial charge on any atom is -0.468 e. The summed E-state index contributed by atoms with van der Waals surface area (Å²) in [6.45, 7) is 25.8. The van der Waals surface area contributed by atoms with E-state index in [2.05, 4.69) is 110 Å². The summed E-state index contributed by atoms with van der Waals surface area (Å²) in [4.78, 5) is 4.00. The summed E-state index contributed by atoms with van der Waals surface area (Å²) in [5, 5.41) is 16.2. The zero-order chi connectivity index (χ0) is 41.3. The van der Waals surface area contributed by atoms with E-state index >= 15 is 0 Å². The van der Waals surface area contributed by atoms with Crippen LogP contribution in [-0.2, 0) is 31.7 Å². The molecule has 0 radical (unpaired) electrons. The normalized spacial score (nSPS) is 29.1. The van der Waals surface area contributed by atoms with Crippen molar-refractivity contribution in [3.63, 3.8) is 0 Å². The van der Waals surface area contributed by atoms with Gasteiger partial charge < -0.3 is 30.1 Å². The molecule has 1 aromatic carbocycles. The Kier molecular flexibility index (Phi) is 34.9. The topological polar surface area (TPSA) is 28.8 Å². The van der Waals surface area contributed by atoms with E-state index in [1.54, 1.807) is 4.90 Å². The zero-order valence-corrected chi connectivity index (χ0v) is 46.6. The number of halogens is 9. The largest absolute Gasteiger partial charge is 0.468 e. The summed E-state index contributed by atoms with van der Waals surface area (Å²) >= 11 is 8.95. The SMILES string of the molecule is CC1C(C)C2SC=C(Br)C2C1C.CC1C(C)C2SC=C(Br)C2C1C.CCN(CC)CC.[CH3-].[CH3-].[Cl][Ti+]([Cl])[Cl].[Cl][Ti][Cl].[N-]=C(c1c(F)cccc1F)N1CCCCC1. The fraction of sp³-hybridized carbons (Fsp3) is 0.675. The van der Waals surface area contributed by atoms with Crippen LogP contribution in [0.4, 0.5) is 8.78 Å². The van der Waals surface area contributed by atoms with Crippen molar-refractivity contribution >= 4 is 108 Å². The van der Waals surface area contributed by atoms with Crippen molar-refractivity contribution in [3.8, 4) is 0 Å². The standard InChI is InChI=1S/C12H13F2N2.2C10H15BrS.C6H15N.2CH3.5ClH.2Ti/c13-9-5-4-6-10(14)11(9)12(15)16-7-2-1-3-8-16;2*1-5-6(2)9-8(11)4-12-10(9)7(5)3;1-4-7(5-2)6-3;;;;;;;;;/h4-6H,1-3,7-8H2;2*4-7,9-10H,1-3H3;4-6H2,1-3H3;2*1H3;5*1H;;/q-1;;;;2*-1;;;;;;+2;+4/p-5. The minimum atomic E-state index is -1.92. The van der Waals surface area contributed by atoms with Gasteiger partial charge in [0, 0.05) is 36.9 Å². The van der Waals surface area contributed by atoms with Crippen LogP contribution in [0.2, 0.25) is 0 Å². The Bertz CT molecular complexity index is 1240. The van der Waals surface area contributed by atoms with Gasteiger partial charge in [-0.25, -0.2) is 8.78 Å². The molecule has 3 nitrogen and oxygen atoms in total. The molecule has 1 aromatic rings. The molecule has 56 heavy (non-hydrogen) atoms. The number of nitrogens with zero attached hydrogens (tertiary/aromatic N) is 3. The van der Waals surface area contributed by atoms with Crippen molar-refractivity contribution in [3.05, 3.63) is 75.4 Å². The van der Waals surface area contributed by atoms with Crippen molar-refractivity contribution in [1.29, 1.82) is 0 Å². The van der Waals surface area contributed by atoms with Crippen LogP contribution in [-0.4, -0.2) is 58.9 Å². The van der Waals surface area contributed by atoms with Crippen molar-refractivity contribution in [1.82, 2.24) is 9.80 Å². The summed E-state index contributed by atoms with van der Waals surface area (Å²) < 4.78 is 29.7. The predicted molar refractivity (Wildman–Crippen MR) is 254 cm³/mol. The van der Waals surface area contributed by atoms with Crippen LogP contribution in [0.3, 0.4) is 0 Å². The molecule has 3 heterocycles. The smallest absolute Gasteiger partial charge is 0.133 e. The molecule has 0 spiro atoms. The molecule has 0 bridgehead atoms. The van der Waals surface area contributed by atoms with Crippen LogP contribution in [0.15, 0.2) is 38.0 Å². The third-order valence-corrected chi connectivity index (χ3v) is 16.7. The third-order valence-electron chi connectivity index (χ3n) is 11.7. The second kappa shape index (κ2) is 32.2. The summed E-state index contributed by atoms with van der Waals surface area (Å²) in [5.41, 5.74) is -0.315. The first kappa shape index (κ1) is 60.6. The van der Waals surface area contributed by atoms with Gasteiger partial charge in [0.25, 0.3) is 0 Å². The Morgan fingerprint density at radius 2 is 1.09 bits per heavy atom. The van der Waals surface area contributed by atoms with Gasteiger partial charge in [-0.2, -0.15) is 0 Å². The van der Waals surface area contributed by atoms with Crippen LogP contribution in [0.25, 0.3) is 5.41 Å². The molecular weight excluding hydrogens is 1060 g/mol. The fourth-order valence-electron chi connectivity index (χ4n) is 7.79. The Labute approximate surface area is 401 Å². The van der Waals surface area contributed by atoms with Crippen molar-refractivity contribution in [2.45, 2.75) is 92.1 Å². The van der Waals surface area contributed by atoms with Crippen LogP contribution in [0.1, 0.15) is 87.1 Å². The first-order valence-electron chi connectivity index (χ1n) is 18.7. The molecule has 16 heteroatoms. The number of hydrogen-bond acceptors (Lipinski definition) is 3. The molecule has 324 valence electrons. The van der Waals surface area contributed by atoms with E-state index in [1.807, 2.05) is 23.5 Å². The number of benzene rings is 1. The number of allylic oxidation sites excluding steroid dienone is 2. The van der Waals surface area contributed by atoms with Gasteiger partial charge in [0.15, 0.2) is 0 Å². The molecule has 10 atom stereocenters. The molecule has 10 unspecified atom stereocenters. The molecule has 6 rings (SSSR count). The average Bonchev–Trinajstić information content (AvgIpc) is 3.84. The molecule has 0 N–H and O–H groups in total. The molecule has 2 saturated carbocycles. The van der Waals surface area contributed by atoms with Crippen LogP contribution < -0.4 is 0 Å². The van der Waals surface area contributed by atoms with Gasteiger partial charge in [-0.1, -0.05) is 125 Å². The number of fused-ring (bicyclic) bond motifs is 2. The van der Waals surface area contributed by atoms with Crippen LogP contribution in [0, 0.1) is 73.8 Å². The van der Waals surface area contributed by atoms with Crippen molar-refractivity contribution < 1.29 is 40.5 Å². The van der Waals surface area contributed by atoms with E-state index in [4.69, 9.17) is 46.5 Å². The van der Waals surface area contributed by atoms with Crippen LogP contribution >= 0.6 is 102 Å². The Morgan fingerprint density at radius 3 is 1.38 bits per heavy atom. The van der Waals surface area contributed by atoms with E-state index in [9.17, 15) is 14.2 Å². The molecule has 2 aliphatic carbocycles. The van der Waals surface area contributed by atoms with Gasteiger partial charge in [-0.05, 0) is 91.2 Å². The van der Waals surface area contributed by atoms with E-state index in [1.165, 1.54) is 34.7 Å². The molecule has 0 aromatic heterocycles. The molecule has 1 saturated heterocycles. The summed E-state index contributed by atoms with van der Waals surface area (Å²) in [6.07, 6.45) is 2.99. The minimum absolute atomic E-state index is 0. The van der Waals surface area contributed by atoms with Gasteiger partial charge in [0.1, 0.15) is 11.6 Å². The number of hydrogen-bond donors (Lipinski definition) is 0. The second-order valence-electron chi connectivity index (χ2n) is 14.3. The summed E-state index contributed by atoms with van der Waals surface area (Å²) in [7, 11) is 24.7. The monoisotopic (exact) mass is 1120 g/mol. The second-order valence-corrected chi connectivity index (χ2v) is 28.5. The molecular formula is C40H64Br2Cl5F2N3S2Ti2-2. The van der Waals surface area contributed by atoms with E-state index in [0.717, 1.165) is 89.2 Å². The van der Waals surface area contributed by atoms with Crippen molar-refractivity contribution in [2.24, 2.45) is 47.3 Å². The first-order chi connectivity index (χ1) is 25.4. The average molecular weight is 1120 g/mol. The van der Waals surface area contributed by atoms with Gasteiger partial charge >= 0.3 is 78.2 Å². The van der Waals surface area contributed by atoms with E-state index < -0.39 is 43.4 Å². The Balaban J connectivity index is 0. The van der Waals surface area contributed by atoms with Crippen molar-refractivity contribution in [2.75, 3.05) is 32.7 Å². The fourth-order valence-corrected chi connectivity index (χ4v) is 13.2. The quantitative estimate of drug-likeness (QED) is 0.130. The maximum atomic E-state index is 13.4. The van der Waals surface area contributed by atoms with Gasteiger partial charge in [-0.3, -0.25) is 0 Å². The van der Waals surface area contributed by atoms with Gasteiger partial charge in [0.2, 0.25) is 0 Å².